The van der Waals surface area contributed by atoms with Crippen LogP contribution in [0.1, 0.15) is 38.2 Å². The Labute approximate surface area is 149 Å². The van der Waals surface area contributed by atoms with E-state index in [2.05, 4.69) is 17.4 Å². The Kier molecular flexibility index (Phi) is 7.10. The molecule has 0 aromatic heterocycles. The van der Waals surface area contributed by atoms with Gasteiger partial charge in [0.2, 0.25) is 5.91 Å². The molecule has 2 rings (SSSR count). The van der Waals surface area contributed by atoms with Crippen LogP contribution >= 0.6 is 0 Å². The molecule has 1 fully saturated rings. The smallest absolute Gasteiger partial charge is 0.317 e. The van der Waals surface area contributed by atoms with Gasteiger partial charge in [0.05, 0.1) is 7.11 Å². The molecule has 1 aromatic rings. The first-order chi connectivity index (χ1) is 12.0. The maximum atomic E-state index is 12.3. The van der Waals surface area contributed by atoms with Gasteiger partial charge in [0.15, 0.2) is 0 Å². The number of rotatable bonds is 7. The average Bonchev–Trinajstić information content (AvgIpc) is 2.60. The van der Waals surface area contributed by atoms with Crippen molar-refractivity contribution >= 4 is 11.9 Å². The SMILES string of the molecule is COc1ccc(CC[C@@H](C)NC(=O)N2CCC(CC(N)=O)CC2)cc1. The monoisotopic (exact) mass is 347 g/mol. The molecule has 1 aliphatic rings. The second kappa shape index (κ2) is 9.30. The Hall–Kier alpha value is -2.24. The molecule has 25 heavy (non-hydrogen) atoms. The third-order valence-corrected chi connectivity index (χ3v) is 4.79. The molecule has 0 spiro atoms. The van der Waals surface area contributed by atoms with Gasteiger partial charge in [-0.1, -0.05) is 12.1 Å². The lowest BCUT2D eigenvalue weighted by molar-refractivity contribution is -0.119. The van der Waals surface area contributed by atoms with Gasteiger partial charge in [0.1, 0.15) is 5.75 Å². The first-order valence-electron chi connectivity index (χ1n) is 8.94. The van der Waals surface area contributed by atoms with Crippen molar-refractivity contribution in [3.63, 3.8) is 0 Å². The van der Waals surface area contributed by atoms with Crippen LogP contribution in [-0.4, -0.2) is 43.1 Å². The molecule has 138 valence electrons. The van der Waals surface area contributed by atoms with Crippen LogP contribution < -0.4 is 15.8 Å². The molecule has 3 N–H and O–H groups in total. The normalized spacial score (nSPS) is 16.3. The van der Waals surface area contributed by atoms with Crippen LogP contribution in [0.5, 0.6) is 5.75 Å². The van der Waals surface area contributed by atoms with Crippen molar-refractivity contribution in [3.8, 4) is 5.75 Å². The molecule has 6 heteroatoms. The summed E-state index contributed by atoms with van der Waals surface area (Å²) >= 11 is 0. The van der Waals surface area contributed by atoms with Crippen molar-refractivity contribution in [2.45, 2.75) is 45.1 Å². The number of nitrogens with two attached hydrogens (primary N) is 1. The van der Waals surface area contributed by atoms with Crippen LogP contribution in [0.3, 0.4) is 0 Å². The van der Waals surface area contributed by atoms with Crippen molar-refractivity contribution in [2.24, 2.45) is 11.7 Å². The fraction of sp³-hybridized carbons (Fsp3) is 0.579. The summed E-state index contributed by atoms with van der Waals surface area (Å²) in [6, 6.07) is 8.11. The van der Waals surface area contributed by atoms with Gasteiger partial charge < -0.3 is 20.7 Å². The molecular weight excluding hydrogens is 318 g/mol. The minimum atomic E-state index is -0.255. The van der Waals surface area contributed by atoms with E-state index in [9.17, 15) is 9.59 Å². The second-order valence-corrected chi connectivity index (χ2v) is 6.84. The Morgan fingerprint density at radius 2 is 1.92 bits per heavy atom. The summed E-state index contributed by atoms with van der Waals surface area (Å²) < 4.78 is 5.16. The molecule has 3 amide bonds. The van der Waals surface area contributed by atoms with Gasteiger partial charge in [-0.05, 0) is 56.2 Å². The predicted octanol–water partition coefficient (Wildman–Crippen LogP) is 2.31. The number of carbonyl (C=O) groups is 2. The van der Waals surface area contributed by atoms with Gasteiger partial charge in [-0.25, -0.2) is 4.79 Å². The summed E-state index contributed by atoms with van der Waals surface area (Å²) in [5.74, 6) is 0.911. The highest BCUT2D eigenvalue weighted by Crippen LogP contribution is 2.20. The third-order valence-electron chi connectivity index (χ3n) is 4.79. The summed E-state index contributed by atoms with van der Waals surface area (Å²) in [6.07, 6.45) is 3.91. The van der Waals surface area contributed by atoms with E-state index in [1.54, 1.807) is 7.11 Å². The summed E-state index contributed by atoms with van der Waals surface area (Å²) in [5.41, 5.74) is 6.47. The van der Waals surface area contributed by atoms with Crippen LogP contribution in [-0.2, 0) is 11.2 Å². The van der Waals surface area contributed by atoms with Crippen molar-refractivity contribution in [1.29, 1.82) is 0 Å². The Morgan fingerprint density at radius 1 is 1.28 bits per heavy atom. The lowest BCUT2D eigenvalue weighted by Gasteiger charge is -2.32. The molecule has 0 aliphatic carbocycles. The zero-order valence-electron chi connectivity index (χ0n) is 15.2. The van der Waals surface area contributed by atoms with E-state index in [-0.39, 0.29) is 18.0 Å². The summed E-state index contributed by atoms with van der Waals surface area (Å²) in [7, 11) is 1.66. The number of methoxy groups -OCH3 is 1. The van der Waals surface area contributed by atoms with Crippen molar-refractivity contribution in [3.05, 3.63) is 29.8 Å². The highest BCUT2D eigenvalue weighted by atomic mass is 16.5. The highest BCUT2D eigenvalue weighted by Gasteiger charge is 2.24. The third kappa shape index (κ3) is 6.29. The number of piperidine rings is 1. The van der Waals surface area contributed by atoms with Crippen molar-refractivity contribution in [1.82, 2.24) is 10.2 Å². The highest BCUT2D eigenvalue weighted by molar-refractivity contribution is 5.75. The number of hydrogen-bond acceptors (Lipinski definition) is 3. The van der Waals surface area contributed by atoms with Gasteiger partial charge in [-0.2, -0.15) is 0 Å². The summed E-state index contributed by atoms with van der Waals surface area (Å²) in [6.45, 7) is 3.41. The maximum absolute atomic E-state index is 12.3. The largest absolute Gasteiger partial charge is 0.497 e. The number of nitrogens with zero attached hydrogens (tertiary/aromatic N) is 1. The molecule has 1 atom stereocenters. The number of likely N-dealkylation sites (tertiary alicyclic amines) is 1. The first kappa shape index (κ1) is 19.1. The number of ether oxygens (including phenoxy) is 1. The van der Waals surface area contributed by atoms with Crippen LogP contribution in [0.15, 0.2) is 24.3 Å². The second-order valence-electron chi connectivity index (χ2n) is 6.84. The van der Waals surface area contributed by atoms with Gasteiger partial charge in [0.25, 0.3) is 0 Å². The maximum Gasteiger partial charge on any atom is 0.317 e. The van der Waals surface area contributed by atoms with Crippen LogP contribution in [0.25, 0.3) is 0 Å². The standard InChI is InChI=1S/C19H29N3O3/c1-14(3-4-15-5-7-17(25-2)8-6-15)21-19(24)22-11-9-16(10-12-22)13-18(20)23/h5-8,14,16H,3-4,9-13H2,1-2H3,(H2,20,23)(H,21,24)/t14-/m1/s1. The predicted molar refractivity (Wildman–Crippen MR) is 97.4 cm³/mol. The van der Waals surface area contributed by atoms with E-state index >= 15 is 0 Å². The van der Waals surface area contributed by atoms with E-state index in [4.69, 9.17) is 10.5 Å². The van der Waals surface area contributed by atoms with Gasteiger partial charge in [-0.15, -0.1) is 0 Å². The number of hydrogen-bond donors (Lipinski definition) is 2. The quantitative estimate of drug-likeness (QED) is 0.794. The number of aryl methyl sites for hydroxylation is 1. The van der Waals surface area contributed by atoms with E-state index in [1.807, 2.05) is 24.0 Å². The van der Waals surface area contributed by atoms with Gasteiger partial charge in [-0.3, -0.25) is 4.79 Å². The molecular formula is C19H29N3O3. The van der Waals surface area contributed by atoms with E-state index in [0.717, 1.165) is 31.4 Å². The number of primary amides is 1. The summed E-state index contributed by atoms with van der Waals surface area (Å²) in [5, 5.41) is 3.07. The Balaban J connectivity index is 1.70. The number of carbonyl (C=O) groups excluding carboxylic acids is 2. The number of benzene rings is 1. The molecule has 0 saturated carbocycles. The molecule has 1 aromatic carbocycles. The van der Waals surface area contributed by atoms with Gasteiger partial charge >= 0.3 is 6.03 Å². The first-order valence-corrected chi connectivity index (χ1v) is 8.94. The molecule has 6 nitrogen and oxygen atoms in total. The van der Waals surface area contributed by atoms with E-state index in [1.165, 1.54) is 5.56 Å². The fourth-order valence-electron chi connectivity index (χ4n) is 3.17. The molecule has 0 bridgehead atoms. The fourth-order valence-corrected chi connectivity index (χ4v) is 3.17. The van der Waals surface area contributed by atoms with Crippen molar-refractivity contribution in [2.75, 3.05) is 20.2 Å². The Bertz CT molecular complexity index is 566. The van der Waals surface area contributed by atoms with Crippen LogP contribution in [0.2, 0.25) is 0 Å². The zero-order chi connectivity index (χ0) is 18.2. The topological polar surface area (TPSA) is 84.7 Å². The number of urea groups is 1. The lowest BCUT2D eigenvalue weighted by Crippen LogP contribution is -2.47. The lowest BCUT2D eigenvalue weighted by atomic mass is 9.93. The van der Waals surface area contributed by atoms with Gasteiger partial charge in [0, 0.05) is 25.6 Å². The van der Waals surface area contributed by atoms with Crippen LogP contribution in [0.4, 0.5) is 4.79 Å². The minimum absolute atomic E-state index is 0.0141. The minimum Gasteiger partial charge on any atom is -0.497 e. The number of nitrogens with one attached hydrogen (secondary N) is 1. The van der Waals surface area contributed by atoms with E-state index < -0.39 is 0 Å². The molecule has 1 saturated heterocycles. The zero-order valence-corrected chi connectivity index (χ0v) is 15.2. The molecule has 1 aliphatic heterocycles. The average molecular weight is 347 g/mol. The molecule has 0 radical (unpaired) electrons. The molecule has 1 heterocycles. The molecule has 0 unspecified atom stereocenters. The van der Waals surface area contributed by atoms with E-state index in [0.29, 0.717) is 25.4 Å². The van der Waals surface area contributed by atoms with Crippen molar-refractivity contribution < 1.29 is 14.3 Å². The van der Waals surface area contributed by atoms with Crippen LogP contribution in [0, 0.1) is 5.92 Å². The summed E-state index contributed by atoms with van der Waals surface area (Å²) in [4.78, 5) is 25.1. The number of amides is 3. The Morgan fingerprint density at radius 3 is 2.48 bits per heavy atom.